The molecule has 0 bridgehead atoms. The first kappa shape index (κ1) is 14.6. The van der Waals surface area contributed by atoms with Crippen LogP contribution in [0.15, 0.2) is 18.2 Å². The lowest BCUT2D eigenvalue weighted by Crippen LogP contribution is -2.36. The summed E-state index contributed by atoms with van der Waals surface area (Å²) in [7, 11) is 0. The van der Waals surface area contributed by atoms with Crippen molar-refractivity contribution in [1.29, 1.82) is 0 Å². The summed E-state index contributed by atoms with van der Waals surface area (Å²) in [4.78, 5) is 11.7. The molecule has 100 valence electrons. The lowest BCUT2D eigenvalue weighted by molar-refractivity contribution is -0.127. The molecule has 0 saturated heterocycles. The number of carbonyl (C=O) groups excluding carboxylic acids is 1. The van der Waals surface area contributed by atoms with E-state index in [4.69, 9.17) is 4.74 Å². The molecular formula is C15H23NO2. The fraction of sp³-hybridized carbons (Fsp3) is 0.533. The van der Waals surface area contributed by atoms with Gasteiger partial charge in [0.15, 0.2) is 6.10 Å². The van der Waals surface area contributed by atoms with Gasteiger partial charge in [-0.1, -0.05) is 19.4 Å². The number of ether oxygens (including phenoxy) is 1. The molecule has 3 nitrogen and oxygen atoms in total. The predicted octanol–water partition coefficient (Wildman–Crippen LogP) is 2.99. The molecule has 18 heavy (non-hydrogen) atoms. The highest BCUT2D eigenvalue weighted by atomic mass is 16.5. The maximum atomic E-state index is 11.7. The zero-order chi connectivity index (χ0) is 13.5. The van der Waals surface area contributed by atoms with E-state index < -0.39 is 6.10 Å². The fourth-order valence-corrected chi connectivity index (χ4v) is 1.58. The highest BCUT2D eigenvalue weighted by Gasteiger charge is 2.13. The molecule has 1 aromatic rings. The fourth-order valence-electron chi connectivity index (χ4n) is 1.58. The number of hydrogen-bond donors (Lipinski definition) is 1. The zero-order valence-corrected chi connectivity index (χ0v) is 11.7. The average Bonchev–Trinajstić information content (AvgIpc) is 2.34. The maximum Gasteiger partial charge on any atom is 0.260 e. The summed E-state index contributed by atoms with van der Waals surface area (Å²) < 4.78 is 5.63. The molecule has 0 spiro atoms. The van der Waals surface area contributed by atoms with Crippen LogP contribution in [0.4, 0.5) is 0 Å². The van der Waals surface area contributed by atoms with Gasteiger partial charge < -0.3 is 10.1 Å². The van der Waals surface area contributed by atoms with Crippen LogP contribution in [0.1, 0.15) is 37.8 Å². The zero-order valence-electron chi connectivity index (χ0n) is 11.7. The second kappa shape index (κ2) is 7.04. The van der Waals surface area contributed by atoms with Crippen molar-refractivity contribution in [2.24, 2.45) is 0 Å². The topological polar surface area (TPSA) is 38.3 Å². The van der Waals surface area contributed by atoms with Gasteiger partial charge in [0.05, 0.1) is 0 Å². The van der Waals surface area contributed by atoms with Crippen LogP contribution in [0, 0.1) is 13.8 Å². The van der Waals surface area contributed by atoms with Gasteiger partial charge in [-0.2, -0.15) is 0 Å². The predicted molar refractivity (Wildman–Crippen MR) is 73.9 cm³/mol. The summed E-state index contributed by atoms with van der Waals surface area (Å²) in [6.07, 6.45) is 1.62. The summed E-state index contributed by atoms with van der Waals surface area (Å²) in [6, 6.07) is 5.87. The molecule has 1 atom stereocenters. The number of carbonyl (C=O) groups is 1. The lowest BCUT2D eigenvalue weighted by atomic mass is 10.1. The second-order valence-electron chi connectivity index (χ2n) is 4.65. The van der Waals surface area contributed by atoms with Crippen LogP contribution in [0.5, 0.6) is 5.75 Å². The Hall–Kier alpha value is -1.51. The Morgan fingerprint density at radius 3 is 2.67 bits per heavy atom. The molecule has 3 heteroatoms. The normalized spacial score (nSPS) is 12.0. The quantitative estimate of drug-likeness (QED) is 0.787. The van der Waals surface area contributed by atoms with Crippen LogP contribution in [-0.4, -0.2) is 18.6 Å². The largest absolute Gasteiger partial charge is 0.481 e. The molecule has 0 fully saturated rings. The molecule has 1 unspecified atom stereocenters. The smallest absolute Gasteiger partial charge is 0.260 e. The van der Waals surface area contributed by atoms with Crippen molar-refractivity contribution in [3.8, 4) is 5.75 Å². The first-order valence-electron chi connectivity index (χ1n) is 6.56. The highest BCUT2D eigenvalue weighted by molar-refractivity contribution is 5.80. The van der Waals surface area contributed by atoms with E-state index in [-0.39, 0.29) is 5.91 Å². The maximum absolute atomic E-state index is 11.7. The molecule has 1 rings (SSSR count). The van der Waals surface area contributed by atoms with Crippen LogP contribution in [0.3, 0.4) is 0 Å². The number of aryl methyl sites for hydroxylation is 2. The van der Waals surface area contributed by atoms with Gasteiger partial charge >= 0.3 is 0 Å². The van der Waals surface area contributed by atoms with Crippen molar-refractivity contribution in [2.45, 2.75) is 46.6 Å². The van der Waals surface area contributed by atoms with Crippen molar-refractivity contribution in [1.82, 2.24) is 5.32 Å². The van der Waals surface area contributed by atoms with Crippen LogP contribution < -0.4 is 10.1 Å². The Morgan fingerprint density at radius 1 is 1.33 bits per heavy atom. The summed E-state index contributed by atoms with van der Waals surface area (Å²) in [5.41, 5.74) is 2.40. The van der Waals surface area contributed by atoms with Gasteiger partial charge in [0.1, 0.15) is 5.75 Å². The molecule has 0 saturated carbocycles. The summed E-state index contributed by atoms with van der Waals surface area (Å²) in [5, 5.41) is 2.87. The Labute approximate surface area is 110 Å². The minimum absolute atomic E-state index is 0.0540. The van der Waals surface area contributed by atoms with Gasteiger partial charge in [0, 0.05) is 6.54 Å². The van der Waals surface area contributed by atoms with Crippen molar-refractivity contribution in [3.05, 3.63) is 29.3 Å². The van der Waals surface area contributed by atoms with Crippen LogP contribution in [0.2, 0.25) is 0 Å². The van der Waals surface area contributed by atoms with Crippen molar-refractivity contribution in [2.75, 3.05) is 6.54 Å². The van der Waals surface area contributed by atoms with E-state index in [0.29, 0.717) is 0 Å². The number of rotatable bonds is 6. The van der Waals surface area contributed by atoms with Gasteiger partial charge in [-0.15, -0.1) is 0 Å². The number of nitrogens with one attached hydrogen (secondary N) is 1. The molecule has 1 N–H and O–H groups in total. The van der Waals surface area contributed by atoms with Crippen molar-refractivity contribution >= 4 is 5.91 Å². The number of unbranched alkanes of at least 4 members (excludes halogenated alkanes) is 1. The standard InChI is InChI=1S/C15H23NO2/c1-5-6-9-16-15(17)13(4)18-14-8-7-11(2)12(3)10-14/h7-8,10,13H,5-6,9H2,1-4H3,(H,16,17). The van der Waals surface area contributed by atoms with Gasteiger partial charge in [-0.25, -0.2) is 0 Å². The molecule has 0 aliphatic carbocycles. The van der Waals surface area contributed by atoms with Crippen LogP contribution in [0.25, 0.3) is 0 Å². The van der Waals surface area contributed by atoms with E-state index in [0.717, 1.165) is 25.1 Å². The van der Waals surface area contributed by atoms with E-state index in [1.165, 1.54) is 11.1 Å². The van der Waals surface area contributed by atoms with E-state index in [9.17, 15) is 4.79 Å². The van der Waals surface area contributed by atoms with Crippen molar-refractivity contribution < 1.29 is 9.53 Å². The van der Waals surface area contributed by atoms with Crippen LogP contribution in [-0.2, 0) is 4.79 Å². The third-order valence-electron chi connectivity index (χ3n) is 2.99. The molecule has 0 aliphatic heterocycles. The minimum atomic E-state index is -0.455. The van der Waals surface area contributed by atoms with E-state index in [1.54, 1.807) is 6.92 Å². The van der Waals surface area contributed by atoms with Crippen LogP contribution >= 0.6 is 0 Å². The molecule has 1 aromatic carbocycles. The highest BCUT2D eigenvalue weighted by Crippen LogP contribution is 2.17. The first-order chi connectivity index (χ1) is 8.54. The molecule has 1 amide bonds. The third kappa shape index (κ3) is 4.40. The third-order valence-corrected chi connectivity index (χ3v) is 2.99. The number of hydrogen-bond acceptors (Lipinski definition) is 2. The molecule has 0 radical (unpaired) electrons. The Bertz CT molecular complexity index is 401. The van der Waals surface area contributed by atoms with E-state index >= 15 is 0 Å². The lowest BCUT2D eigenvalue weighted by Gasteiger charge is -2.15. The second-order valence-corrected chi connectivity index (χ2v) is 4.65. The first-order valence-corrected chi connectivity index (χ1v) is 6.56. The molecule has 0 aliphatic rings. The molecular weight excluding hydrogens is 226 g/mol. The Kier molecular flexibility index (Phi) is 5.69. The number of amides is 1. The number of benzene rings is 1. The molecule has 0 aromatic heterocycles. The SMILES string of the molecule is CCCCNC(=O)C(C)Oc1ccc(C)c(C)c1. The summed E-state index contributed by atoms with van der Waals surface area (Å²) >= 11 is 0. The van der Waals surface area contributed by atoms with E-state index in [2.05, 4.69) is 19.2 Å². The molecule has 0 heterocycles. The van der Waals surface area contributed by atoms with Gasteiger partial charge in [0.2, 0.25) is 0 Å². The van der Waals surface area contributed by atoms with Crippen molar-refractivity contribution in [3.63, 3.8) is 0 Å². The van der Waals surface area contributed by atoms with Gasteiger partial charge in [0.25, 0.3) is 5.91 Å². The van der Waals surface area contributed by atoms with Gasteiger partial charge in [-0.05, 0) is 50.5 Å². The Balaban J connectivity index is 2.50. The average molecular weight is 249 g/mol. The monoisotopic (exact) mass is 249 g/mol. The van der Waals surface area contributed by atoms with Gasteiger partial charge in [-0.3, -0.25) is 4.79 Å². The summed E-state index contributed by atoms with van der Waals surface area (Å²) in [6.45, 7) is 8.68. The van der Waals surface area contributed by atoms with E-state index in [1.807, 2.05) is 25.1 Å². The minimum Gasteiger partial charge on any atom is -0.481 e. The Morgan fingerprint density at radius 2 is 2.06 bits per heavy atom. The summed E-state index contributed by atoms with van der Waals surface area (Å²) in [5.74, 6) is 0.693.